The van der Waals surface area contributed by atoms with Gasteiger partial charge in [-0.15, -0.1) is 44.2 Å². The predicted octanol–water partition coefficient (Wildman–Crippen LogP) is 14.0. The largest absolute Gasteiger partial charge is 0.657 e. The van der Waals surface area contributed by atoms with E-state index in [2.05, 4.69) is 263 Å². The SMILES string of the molecule is CC(C)(C)c1cc(/C2=c3\cc/c([n-]3)=C(\c3cc(C(C)(C)C)c(O)c(C(C)(C)C)c3)c3ccc([n-]3)/C(c3cc(C(C)(C)C)c(O)c(C(C)(C)C)c3)=c3/cc/c([n-]3)=C(\c3cc(C(C)(C)C)c(O)c(C(C)(C)C)c3)c3ccc2[n-]3)cc(C(C)(C)C)c1O.[Zn]. The Morgan fingerprint density at radius 2 is 0.365 bits per heavy atom. The summed E-state index contributed by atoms with van der Waals surface area (Å²) >= 11 is 0. The van der Waals surface area contributed by atoms with Crippen molar-refractivity contribution in [2.45, 2.75) is 209 Å². The fourth-order valence-electron chi connectivity index (χ4n) is 12.0. The number of hydrogen-bond acceptors (Lipinski definition) is 4. The summed E-state index contributed by atoms with van der Waals surface area (Å²) in [6, 6.07) is 33.5. The smallest absolute Gasteiger partial charge is 0.123 e. The molecule has 0 aliphatic carbocycles. The molecule has 1 aliphatic heterocycles. The zero-order valence-corrected chi connectivity index (χ0v) is 58.5. The average Bonchev–Trinajstić information content (AvgIpc) is 2.63. The summed E-state index contributed by atoms with van der Waals surface area (Å²) in [4.78, 5) is 22.9. The van der Waals surface area contributed by atoms with E-state index in [4.69, 9.17) is 19.9 Å². The van der Waals surface area contributed by atoms with Crippen molar-refractivity contribution >= 4 is 22.3 Å². The fraction of sp³-hybridized carbons (Fsp3) is 0.421. The molecule has 8 nitrogen and oxygen atoms in total. The van der Waals surface area contributed by atoms with Gasteiger partial charge in [-0.05, 0) is 136 Å². The van der Waals surface area contributed by atoms with Gasteiger partial charge in [-0.1, -0.05) is 215 Å². The van der Waals surface area contributed by atoms with E-state index in [9.17, 15) is 20.4 Å². The molecule has 4 aromatic heterocycles. The van der Waals surface area contributed by atoms with Crippen LogP contribution in [0.2, 0.25) is 0 Å². The topological polar surface area (TPSA) is 137 Å². The normalized spacial score (nSPS) is 16.7. The molecule has 4 N–H and O–H groups in total. The molecule has 8 bridgehead atoms. The summed E-state index contributed by atoms with van der Waals surface area (Å²) < 4.78 is 0. The molecule has 0 fully saturated rings. The number of aromatic hydroxyl groups is 4. The zero-order valence-electron chi connectivity index (χ0n) is 55.5. The van der Waals surface area contributed by atoms with Gasteiger partial charge >= 0.3 is 0 Å². The Labute approximate surface area is 519 Å². The number of phenols is 4. The molecule has 0 spiro atoms. The summed E-state index contributed by atoms with van der Waals surface area (Å²) in [5.74, 6) is 1.12. The molecule has 9 rings (SSSR count). The van der Waals surface area contributed by atoms with Gasteiger partial charge in [0, 0.05) is 64.0 Å². The van der Waals surface area contributed by atoms with Crippen LogP contribution < -0.4 is 41.3 Å². The van der Waals surface area contributed by atoms with Gasteiger partial charge < -0.3 is 40.4 Å². The third-order valence-corrected chi connectivity index (χ3v) is 16.7. The second-order valence-corrected chi connectivity index (χ2v) is 32.0. The van der Waals surface area contributed by atoms with Crippen LogP contribution in [-0.4, -0.2) is 20.4 Å². The van der Waals surface area contributed by atoms with Gasteiger partial charge in [-0.25, -0.2) is 0 Å². The molecular formula is C76H92N4O4Zn-4. The molecule has 0 radical (unpaired) electrons. The van der Waals surface area contributed by atoms with Crippen LogP contribution in [0.3, 0.4) is 0 Å². The van der Waals surface area contributed by atoms with E-state index in [1.54, 1.807) is 0 Å². The number of rotatable bonds is 4. The predicted molar refractivity (Wildman–Crippen MR) is 346 cm³/mol. The van der Waals surface area contributed by atoms with Crippen LogP contribution >= 0.6 is 0 Å². The Morgan fingerprint density at radius 1 is 0.224 bits per heavy atom. The van der Waals surface area contributed by atoms with Crippen LogP contribution in [-0.2, 0) is 62.8 Å². The number of nitrogens with zero attached hydrogens (tertiary/aromatic N) is 4. The monoisotopic (exact) mass is 1190 g/mol. The van der Waals surface area contributed by atoms with Crippen LogP contribution in [0.4, 0.5) is 0 Å². The quantitative estimate of drug-likeness (QED) is 0.128. The van der Waals surface area contributed by atoms with Gasteiger partial charge in [-0.2, -0.15) is 0 Å². The Morgan fingerprint density at radius 3 is 0.494 bits per heavy atom. The van der Waals surface area contributed by atoms with Crippen molar-refractivity contribution < 1.29 is 39.9 Å². The van der Waals surface area contributed by atoms with Crippen molar-refractivity contribution in [1.29, 1.82) is 0 Å². The van der Waals surface area contributed by atoms with E-state index < -0.39 is 43.3 Å². The summed E-state index contributed by atoms with van der Waals surface area (Å²) in [6.07, 6.45) is 0. The molecule has 446 valence electrons. The Balaban J connectivity index is 0.00000940. The van der Waals surface area contributed by atoms with E-state index in [1.807, 2.05) is 0 Å². The van der Waals surface area contributed by atoms with Crippen LogP contribution in [0.1, 0.15) is 256 Å². The van der Waals surface area contributed by atoms with Gasteiger partial charge in [0.25, 0.3) is 0 Å². The number of phenolic OH excluding ortho intramolecular Hbond substituents is 4. The van der Waals surface area contributed by atoms with E-state index in [0.29, 0.717) is 44.2 Å². The van der Waals surface area contributed by atoms with E-state index in [0.717, 1.165) is 89.1 Å². The third kappa shape index (κ3) is 12.2. The molecule has 4 aromatic carbocycles. The van der Waals surface area contributed by atoms with Gasteiger partial charge in [0.2, 0.25) is 0 Å². The molecule has 85 heavy (non-hydrogen) atoms. The van der Waals surface area contributed by atoms with Crippen molar-refractivity contribution in [2.24, 2.45) is 0 Å². The minimum atomic E-state index is -0.431. The minimum Gasteiger partial charge on any atom is -0.657 e. The standard InChI is InChI=1S/C76H92N4O4.Zn/c1-69(2,3)45-33-41(34-46(65(45)81)70(4,5)6)61-53-25-27-55(77-53)62(42-35-47(71(7,8)9)66(82)48(36-42)72(10,11)12)57-29-31-59(79-57)64(44-39-51(75(19,20)21)68(84)52(40-44)76(22,23)24)60-32-30-58(80-60)63(56-28-26-54(61)78-56)43-37-49(73(13,14)15)67(83)50(38-43)74(16,17)18;/h25-40,81-84H,1-24H3;/q-4;/b61-53-,61-54?,62-55-,62-57?,63-56?,63-58-,64-59?,64-60-;. The molecule has 0 saturated heterocycles. The van der Waals surface area contributed by atoms with Crippen LogP contribution in [0.5, 0.6) is 23.0 Å². The first-order valence-electron chi connectivity index (χ1n) is 29.9. The van der Waals surface area contributed by atoms with Crippen molar-refractivity contribution in [3.63, 3.8) is 0 Å². The second kappa shape index (κ2) is 21.3. The Kier molecular flexibility index (Phi) is 16.1. The van der Waals surface area contributed by atoms with E-state index in [-0.39, 0.29) is 42.5 Å². The van der Waals surface area contributed by atoms with Crippen molar-refractivity contribution in [3.05, 3.63) is 208 Å². The van der Waals surface area contributed by atoms with Gasteiger partial charge in [0.1, 0.15) is 23.0 Å². The molecule has 8 aromatic rings. The van der Waals surface area contributed by atoms with Crippen molar-refractivity contribution in [1.82, 2.24) is 19.9 Å². The second-order valence-electron chi connectivity index (χ2n) is 32.0. The van der Waals surface area contributed by atoms with Crippen molar-refractivity contribution in [2.75, 3.05) is 0 Å². The summed E-state index contributed by atoms with van der Waals surface area (Å²) in [5.41, 5.74) is 12.5. The molecular weight excluding hydrogens is 1100 g/mol. The zero-order chi connectivity index (χ0) is 62.3. The molecule has 0 atom stereocenters. The molecule has 0 saturated carbocycles. The first kappa shape index (κ1) is 64.3. The molecule has 0 amide bonds. The van der Waals surface area contributed by atoms with Crippen molar-refractivity contribution in [3.8, 4) is 23.0 Å². The molecule has 9 heteroatoms. The number of fused-ring (bicyclic) bond motifs is 8. The maximum atomic E-state index is 12.2. The number of hydrogen-bond donors (Lipinski definition) is 4. The number of aromatic nitrogens is 4. The maximum absolute atomic E-state index is 12.2. The minimum absolute atomic E-state index is 0. The number of benzene rings is 4. The summed E-state index contributed by atoms with van der Waals surface area (Å²) in [7, 11) is 0. The Hall–Kier alpha value is -6.70. The molecule has 1 aliphatic rings. The van der Waals surface area contributed by atoms with Crippen LogP contribution in [0.25, 0.3) is 22.3 Å². The van der Waals surface area contributed by atoms with Gasteiger partial charge in [-0.3, -0.25) is 0 Å². The summed E-state index contributed by atoms with van der Waals surface area (Å²) in [5, 5.41) is 51.6. The van der Waals surface area contributed by atoms with E-state index >= 15 is 0 Å². The maximum Gasteiger partial charge on any atom is 0.123 e. The third-order valence-electron chi connectivity index (χ3n) is 16.7. The Bertz CT molecular complexity index is 3510. The van der Waals surface area contributed by atoms with Gasteiger partial charge in [0.05, 0.1) is 0 Å². The van der Waals surface area contributed by atoms with Crippen LogP contribution in [0, 0.1) is 0 Å². The first-order chi connectivity index (χ1) is 38.3. The average molecular weight is 1190 g/mol. The first-order valence-corrected chi connectivity index (χ1v) is 29.9. The fourth-order valence-corrected chi connectivity index (χ4v) is 12.0. The van der Waals surface area contributed by atoms with Crippen LogP contribution in [0.15, 0.2) is 97.1 Å². The molecule has 5 heterocycles. The van der Waals surface area contributed by atoms with Gasteiger partial charge in [0.15, 0.2) is 0 Å². The molecule has 0 unspecified atom stereocenters. The summed E-state index contributed by atoms with van der Waals surface area (Å²) in [6.45, 7) is 51.2. The van der Waals surface area contributed by atoms with E-state index in [1.165, 1.54) is 0 Å².